The van der Waals surface area contributed by atoms with Crippen molar-refractivity contribution in [3.8, 4) is 0 Å². The van der Waals surface area contributed by atoms with Crippen molar-refractivity contribution >= 4 is 17.8 Å². The van der Waals surface area contributed by atoms with E-state index in [1.165, 1.54) is 4.90 Å². The van der Waals surface area contributed by atoms with Crippen LogP contribution in [0.4, 0.5) is 0 Å². The van der Waals surface area contributed by atoms with Gasteiger partial charge in [-0.25, -0.2) is 4.79 Å². The van der Waals surface area contributed by atoms with E-state index in [2.05, 4.69) is 0 Å². The van der Waals surface area contributed by atoms with E-state index in [9.17, 15) is 14.4 Å². The predicted molar refractivity (Wildman–Crippen MR) is 83.9 cm³/mol. The maximum Gasteiger partial charge on any atom is 0.333 e. The lowest BCUT2D eigenvalue weighted by molar-refractivity contribution is -0.138. The molecule has 1 atom stereocenters. The summed E-state index contributed by atoms with van der Waals surface area (Å²) >= 11 is 0. The first kappa shape index (κ1) is 15.5. The highest BCUT2D eigenvalue weighted by Crippen LogP contribution is 2.29. The van der Waals surface area contributed by atoms with Crippen LogP contribution in [0.5, 0.6) is 0 Å². The maximum absolute atomic E-state index is 12.4. The first-order valence-electron chi connectivity index (χ1n) is 7.93. The average Bonchev–Trinajstić information content (AvgIpc) is 2.81. The number of hydrogen-bond donors (Lipinski definition) is 0. The number of nitrogens with zero attached hydrogens (tertiary/aromatic N) is 1. The molecular weight excluding hydrogens is 294 g/mol. The number of fused-ring (bicyclic) bond motifs is 1. The van der Waals surface area contributed by atoms with Gasteiger partial charge in [0.25, 0.3) is 11.8 Å². The molecule has 0 bridgehead atoms. The molecule has 120 valence electrons. The minimum Gasteiger partial charge on any atom is -0.463 e. The first-order valence-corrected chi connectivity index (χ1v) is 7.93. The molecule has 0 saturated carbocycles. The summed E-state index contributed by atoms with van der Waals surface area (Å²) in [6.45, 7) is 2.56. The number of esters is 1. The molecule has 3 rings (SSSR count). The van der Waals surface area contributed by atoms with E-state index in [4.69, 9.17) is 4.74 Å². The van der Waals surface area contributed by atoms with Crippen LogP contribution in [0.3, 0.4) is 0 Å². The van der Waals surface area contributed by atoms with E-state index in [1.54, 1.807) is 31.2 Å². The zero-order chi connectivity index (χ0) is 16.4. The fraction of sp³-hybridized carbons (Fsp3) is 0.389. The molecule has 0 spiro atoms. The van der Waals surface area contributed by atoms with Crippen LogP contribution >= 0.6 is 0 Å². The van der Waals surface area contributed by atoms with Crippen LogP contribution in [-0.4, -0.2) is 35.8 Å². The van der Waals surface area contributed by atoms with E-state index in [0.717, 1.165) is 6.42 Å². The predicted octanol–water partition coefficient (Wildman–Crippen LogP) is 2.57. The van der Waals surface area contributed by atoms with Crippen LogP contribution in [0.25, 0.3) is 0 Å². The van der Waals surface area contributed by atoms with E-state index < -0.39 is 0 Å². The van der Waals surface area contributed by atoms with Crippen molar-refractivity contribution in [2.75, 3.05) is 13.2 Å². The first-order chi connectivity index (χ1) is 11.1. The van der Waals surface area contributed by atoms with E-state index in [0.29, 0.717) is 42.7 Å². The van der Waals surface area contributed by atoms with Gasteiger partial charge < -0.3 is 4.74 Å². The molecule has 0 fully saturated rings. The summed E-state index contributed by atoms with van der Waals surface area (Å²) in [5, 5.41) is 0. The zero-order valence-electron chi connectivity index (χ0n) is 13.1. The highest BCUT2D eigenvalue weighted by molar-refractivity contribution is 6.21. The Morgan fingerprint density at radius 2 is 1.87 bits per heavy atom. The molecular formula is C18H19NO4. The molecule has 0 aromatic heterocycles. The van der Waals surface area contributed by atoms with Crippen molar-refractivity contribution in [1.82, 2.24) is 4.90 Å². The topological polar surface area (TPSA) is 63.7 Å². The largest absolute Gasteiger partial charge is 0.463 e. The van der Waals surface area contributed by atoms with Crippen LogP contribution in [0.2, 0.25) is 0 Å². The average molecular weight is 313 g/mol. The smallest absolute Gasteiger partial charge is 0.333 e. The number of rotatable bonds is 4. The number of ether oxygens (including phenoxy) is 1. The molecule has 1 unspecified atom stereocenters. The second-order valence-corrected chi connectivity index (χ2v) is 5.86. The van der Waals surface area contributed by atoms with Gasteiger partial charge in [0.1, 0.15) is 0 Å². The Kier molecular flexibility index (Phi) is 4.28. The van der Waals surface area contributed by atoms with E-state index in [-0.39, 0.29) is 23.7 Å². The Balaban J connectivity index is 1.65. The van der Waals surface area contributed by atoms with Crippen LogP contribution in [-0.2, 0) is 9.53 Å². The monoisotopic (exact) mass is 313 g/mol. The Hall–Kier alpha value is -2.43. The van der Waals surface area contributed by atoms with Gasteiger partial charge in [-0.3, -0.25) is 14.5 Å². The molecule has 5 nitrogen and oxygen atoms in total. The maximum atomic E-state index is 12.4. The summed E-state index contributed by atoms with van der Waals surface area (Å²) in [6, 6.07) is 6.91. The molecule has 1 aromatic carbocycles. The van der Waals surface area contributed by atoms with Crippen molar-refractivity contribution in [1.29, 1.82) is 0 Å². The molecule has 0 radical (unpaired) electrons. The van der Waals surface area contributed by atoms with Gasteiger partial charge in [-0.1, -0.05) is 18.2 Å². The molecule has 1 aliphatic heterocycles. The number of carbonyl (C=O) groups is 3. The molecule has 1 heterocycles. The summed E-state index contributed by atoms with van der Waals surface area (Å²) in [7, 11) is 0. The Labute approximate surface area is 134 Å². The summed E-state index contributed by atoms with van der Waals surface area (Å²) in [6.07, 6.45) is 3.97. The molecule has 1 aromatic rings. The number of amides is 2. The number of allylic oxidation sites excluding steroid dienone is 1. The minimum atomic E-state index is -0.258. The lowest BCUT2D eigenvalue weighted by Gasteiger charge is -2.25. The molecule has 0 N–H and O–H groups in total. The van der Waals surface area contributed by atoms with Crippen molar-refractivity contribution in [2.24, 2.45) is 5.92 Å². The molecule has 23 heavy (non-hydrogen) atoms. The lowest BCUT2D eigenvalue weighted by atomic mass is 9.89. The van der Waals surface area contributed by atoms with Crippen molar-refractivity contribution in [3.63, 3.8) is 0 Å². The number of hydrogen-bond acceptors (Lipinski definition) is 4. The van der Waals surface area contributed by atoms with Crippen LogP contribution in [0, 0.1) is 5.92 Å². The van der Waals surface area contributed by atoms with Crippen LogP contribution in [0.1, 0.15) is 46.9 Å². The summed E-state index contributed by atoms with van der Waals surface area (Å²) in [4.78, 5) is 37.7. The van der Waals surface area contributed by atoms with Gasteiger partial charge in [0.2, 0.25) is 0 Å². The number of imide groups is 1. The molecule has 5 heteroatoms. The third-order valence-corrected chi connectivity index (χ3v) is 4.38. The van der Waals surface area contributed by atoms with Gasteiger partial charge in [-0.2, -0.15) is 0 Å². The second kappa shape index (κ2) is 6.36. The molecule has 2 aliphatic rings. The molecule has 2 amide bonds. The normalized spacial score (nSPS) is 20.3. The van der Waals surface area contributed by atoms with Crippen molar-refractivity contribution < 1.29 is 19.1 Å². The summed E-state index contributed by atoms with van der Waals surface area (Å²) < 4.78 is 5.00. The van der Waals surface area contributed by atoms with Crippen LogP contribution < -0.4 is 0 Å². The zero-order valence-corrected chi connectivity index (χ0v) is 13.1. The Bertz CT molecular complexity index is 657. The van der Waals surface area contributed by atoms with E-state index in [1.807, 2.05) is 6.08 Å². The van der Waals surface area contributed by atoms with Gasteiger partial charge in [0.15, 0.2) is 0 Å². The number of benzene rings is 1. The fourth-order valence-corrected chi connectivity index (χ4v) is 3.13. The number of carbonyl (C=O) groups excluding carboxylic acids is 3. The quantitative estimate of drug-likeness (QED) is 0.633. The lowest BCUT2D eigenvalue weighted by Crippen LogP contribution is -2.35. The summed E-state index contributed by atoms with van der Waals surface area (Å²) in [5.41, 5.74) is 1.66. The Morgan fingerprint density at radius 1 is 1.22 bits per heavy atom. The third kappa shape index (κ3) is 2.91. The van der Waals surface area contributed by atoms with Crippen LogP contribution in [0.15, 0.2) is 35.9 Å². The second-order valence-electron chi connectivity index (χ2n) is 5.86. The van der Waals surface area contributed by atoms with Gasteiger partial charge in [0, 0.05) is 12.1 Å². The molecule has 1 aliphatic carbocycles. The van der Waals surface area contributed by atoms with Gasteiger partial charge in [-0.05, 0) is 44.2 Å². The van der Waals surface area contributed by atoms with Crippen molar-refractivity contribution in [2.45, 2.75) is 26.2 Å². The van der Waals surface area contributed by atoms with Crippen molar-refractivity contribution in [3.05, 3.63) is 47.0 Å². The highest BCUT2D eigenvalue weighted by Gasteiger charge is 2.36. The van der Waals surface area contributed by atoms with Gasteiger partial charge >= 0.3 is 5.97 Å². The molecule has 0 saturated heterocycles. The highest BCUT2D eigenvalue weighted by atomic mass is 16.5. The summed E-state index contributed by atoms with van der Waals surface area (Å²) in [5.74, 6) is -0.501. The SMILES string of the molecule is CCOC(=O)C1=CCC(CN2C(=O)c3ccccc3C2=O)CC1. The Morgan fingerprint density at radius 3 is 2.39 bits per heavy atom. The van der Waals surface area contributed by atoms with Gasteiger partial charge in [-0.15, -0.1) is 0 Å². The van der Waals surface area contributed by atoms with E-state index >= 15 is 0 Å². The third-order valence-electron chi connectivity index (χ3n) is 4.38. The van der Waals surface area contributed by atoms with Gasteiger partial charge in [0.05, 0.1) is 17.7 Å². The standard InChI is InChI=1S/C18H19NO4/c1-2-23-18(22)13-9-7-12(8-10-13)11-19-16(20)14-5-3-4-6-15(14)17(19)21/h3-6,9,12H,2,7-8,10-11H2,1H3. The fourth-order valence-electron chi connectivity index (χ4n) is 3.13. The minimum absolute atomic E-state index is 0.190.